The van der Waals surface area contributed by atoms with Gasteiger partial charge >= 0.3 is 0 Å². The minimum Gasteiger partial charge on any atom is -0.328 e. The summed E-state index contributed by atoms with van der Waals surface area (Å²) in [6.07, 6.45) is 0.745. The molecule has 154 valence electrons. The topological polar surface area (TPSA) is 90.5 Å². The second-order valence-electron chi connectivity index (χ2n) is 7.54. The van der Waals surface area contributed by atoms with Crippen molar-refractivity contribution in [1.82, 2.24) is 10.2 Å². The first-order valence-electron chi connectivity index (χ1n) is 9.52. The Kier molecular flexibility index (Phi) is 6.54. The number of para-hydroxylation sites is 2. The fourth-order valence-corrected chi connectivity index (χ4v) is 4.10. The molecule has 0 aromatic heterocycles. The maximum absolute atomic E-state index is 12.7. The molecule has 1 heterocycles. The molecule has 1 aromatic rings. The van der Waals surface area contributed by atoms with Crippen LogP contribution in [-0.2, 0) is 14.4 Å². The number of rotatable bonds is 3. The van der Waals surface area contributed by atoms with Gasteiger partial charge in [0.15, 0.2) is 0 Å². The average Bonchev–Trinajstić information content (AvgIpc) is 2.70. The Morgan fingerprint density at radius 1 is 1.14 bits per heavy atom. The Morgan fingerprint density at radius 3 is 2.24 bits per heavy atom. The monoisotopic (exact) mass is 460 g/mol. The van der Waals surface area contributed by atoms with E-state index in [1.54, 1.807) is 24.3 Å². The van der Waals surface area contributed by atoms with Gasteiger partial charge in [0.25, 0.3) is 0 Å². The van der Waals surface area contributed by atoms with Crippen molar-refractivity contribution in [3.8, 4) is 0 Å². The fraction of sp³-hybridized carbons (Fsp3) is 0.381. The molecule has 1 aliphatic heterocycles. The van der Waals surface area contributed by atoms with Gasteiger partial charge in [-0.15, -0.1) is 0 Å². The Morgan fingerprint density at radius 2 is 1.69 bits per heavy atom. The normalized spacial score (nSPS) is 20.9. The van der Waals surface area contributed by atoms with E-state index in [9.17, 15) is 14.4 Å². The van der Waals surface area contributed by atoms with Gasteiger partial charge in [-0.05, 0) is 43.9 Å². The standard InChI is InChI=1S/C21H25BrN4O3/c1-12-8-17(14(3)21(22)13(12)2)25-20(29)11-26-9-18(27)23-15-6-4-5-7-16(15)24-19(28)10-26/h4-7,12H,8-11H2,1-3H3,(H,23,27)(H,24,28)(H,25,29). The van der Waals surface area contributed by atoms with Crippen LogP contribution in [0.3, 0.4) is 0 Å². The highest BCUT2D eigenvalue weighted by atomic mass is 79.9. The molecule has 2 aliphatic rings. The summed E-state index contributed by atoms with van der Waals surface area (Å²) < 4.78 is 1.02. The van der Waals surface area contributed by atoms with E-state index in [2.05, 4.69) is 45.7 Å². The predicted octanol–water partition coefficient (Wildman–Crippen LogP) is 2.98. The van der Waals surface area contributed by atoms with E-state index >= 15 is 0 Å². The summed E-state index contributed by atoms with van der Waals surface area (Å²) in [6, 6.07) is 7.01. The lowest BCUT2D eigenvalue weighted by Gasteiger charge is -2.26. The zero-order valence-corrected chi connectivity index (χ0v) is 18.4. The molecule has 7 nitrogen and oxygen atoms in total. The molecule has 3 amide bonds. The Hall–Kier alpha value is -2.45. The SMILES string of the molecule is CC1=C(NC(=O)CN2CC(=O)Nc3ccccc3NC(=O)C2)CC(C)C(C)=C1Br. The van der Waals surface area contributed by atoms with Crippen molar-refractivity contribution in [2.45, 2.75) is 27.2 Å². The Bertz CT molecular complexity index is 883. The van der Waals surface area contributed by atoms with E-state index in [0.29, 0.717) is 17.3 Å². The number of hydrogen-bond acceptors (Lipinski definition) is 4. The molecule has 1 aromatic carbocycles. The van der Waals surface area contributed by atoms with Gasteiger partial charge in [-0.3, -0.25) is 19.3 Å². The molecule has 1 unspecified atom stereocenters. The van der Waals surface area contributed by atoms with Crippen molar-refractivity contribution in [2.24, 2.45) is 5.92 Å². The fourth-order valence-electron chi connectivity index (χ4n) is 3.47. The molecule has 1 aliphatic carbocycles. The summed E-state index contributed by atoms with van der Waals surface area (Å²) in [5.41, 5.74) is 4.21. The first-order valence-corrected chi connectivity index (χ1v) is 10.3. The molecule has 3 rings (SSSR count). The molecule has 1 atom stereocenters. The minimum atomic E-state index is -0.273. The van der Waals surface area contributed by atoms with Crippen molar-refractivity contribution < 1.29 is 14.4 Å². The van der Waals surface area contributed by atoms with Crippen LogP contribution in [0.2, 0.25) is 0 Å². The van der Waals surface area contributed by atoms with Crippen LogP contribution >= 0.6 is 15.9 Å². The van der Waals surface area contributed by atoms with Crippen LogP contribution in [0, 0.1) is 5.92 Å². The number of fused-ring (bicyclic) bond motifs is 1. The molecule has 3 N–H and O–H groups in total. The summed E-state index contributed by atoms with van der Waals surface area (Å²) >= 11 is 3.60. The average molecular weight is 461 g/mol. The number of nitrogens with zero attached hydrogens (tertiary/aromatic N) is 1. The molecule has 0 radical (unpaired) electrons. The molecule has 0 bridgehead atoms. The highest BCUT2D eigenvalue weighted by molar-refractivity contribution is 9.12. The number of carbonyl (C=O) groups is 3. The maximum Gasteiger partial charge on any atom is 0.238 e. The number of halogens is 1. The third-order valence-electron chi connectivity index (χ3n) is 5.24. The van der Waals surface area contributed by atoms with Crippen LogP contribution in [0.15, 0.2) is 45.6 Å². The van der Waals surface area contributed by atoms with E-state index < -0.39 is 0 Å². The van der Waals surface area contributed by atoms with Crippen LogP contribution in [-0.4, -0.2) is 42.3 Å². The van der Waals surface area contributed by atoms with Crippen molar-refractivity contribution in [1.29, 1.82) is 0 Å². The summed E-state index contributed by atoms with van der Waals surface area (Å²) in [7, 11) is 0. The summed E-state index contributed by atoms with van der Waals surface area (Å²) in [5.74, 6) is -0.470. The molecule has 0 saturated carbocycles. The van der Waals surface area contributed by atoms with Crippen molar-refractivity contribution >= 4 is 45.0 Å². The van der Waals surface area contributed by atoms with E-state index in [0.717, 1.165) is 22.2 Å². The molecular weight excluding hydrogens is 436 g/mol. The smallest absolute Gasteiger partial charge is 0.238 e. The zero-order chi connectivity index (χ0) is 21.1. The van der Waals surface area contributed by atoms with Gasteiger partial charge in [0, 0.05) is 10.2 Å². The summed E-state index contributed by atoms with van der Waals surface area (Å²) in [4.78, 5) is 38.9. The molecule has 0 saturated heterocycles. The quantitative estimate of drug-likeness (QED) is 0.646. The number of allylic oxidation sites excluding steroid dienone is 4. The zero-order valence-electron chi connectivity index (χ0n) is 16.8. The lowest BCUT2D eigenvalue weighted by molar-refractivity contribution is -0.124. The van der Waals surface area contributed by atoms with E-state index in [-0.39, 0.29) is 37.4 Å². The number of nitrogens with one attached hydrogen (secondary N) is 3. The van der Waals surface area contributed by atoms with Crippen LogP contribution in [0.4, 0.5) is 11.4 Å². The second-order valence-corrected chi connectivity index (χ2v) is 8.33. The van der Waals surface area contributed by atoms with Crippen molar-refractivity contribution in [3.63, 3.8) is 0 Å². The highest BCUT2D eigenvalue weighted by Crippen LogP contribution is 2.36. The minimum absolute atomic E-state index is 0.0493. The van der Waals surface area contributed by atoms with Gasteiger partial charge in [0.2, 0.25) is 17.7 Å². The number of hydrogen-bond donors (Lipinski definition) is 3. The summed E-state index contributed by atoms with van der Waals surface area (Å²) in [6.45, 7) is 6.01. The lowest BCUT2D eigenvalue weighted by atomic mass is 9.89. The van der Waals surface area contributed by atoms with Crippen LogP contribution in [0.5, 0.6) is 0 Å². The third-order valence-corrected chi connectivity index (χ3v) is 6.46. The molecule has 0 spiro atoms. The Balaban J connectivity index is 1.69. The van der Waals surface area contributed by atoms with E-state index in [4.69, 9.17) is 0 Å². The lowest BCUT2D eigenvalue weighted by Crippen LogP contribution is -2.44. The molecular formula is C21H25BrN4O3. The van der Waals surface area contributed by atoms with E-state index in [1.165, 1.54) is 10.5 Å². The first-order chi connectivity index (χ1) is 13.7. The number of benzene rings is 1. The van der Waals surface area contributed by atoms with Gasteiger partial charge in [-0.25, -0.2) is 0 Å². The van der Waals surface area contributed by atoms with Gasteiger partial charge in [0.1, 0.15) is 0 Å². The van der Waals surface area contributed by atoms with E-state index in [1.807, 2.05) is 6.92 Å². The Labute approximate surface area is 178 Å². The number of anilines is 2. The van der Waals surface area contributed by atoms with Crippen molar-refractivity contribution in [2.75, 3.05) is 30.3 Å². The number of carbonyl (C=O) groups excluding carboxylic acids is 3. The molecule has 8 heteroatoms. The van der Waals surface area contributed by atoms with Crippen molar-refractivity contribution in [3.05, 3.63) is 45.6 Å². The van der Waals surface area contributed by atoms with Crippen LogP contribution in [0.25, 0.3) is 0 Å². The van der Waals surface area contributed by atoms with Gasteiger partial charge < -0.3 is 16.0 Å². The summed E-state index contributed by atoms with van der Waals surface area (Å²) in [5, 5.41) is 8.53. The van der Waals surface area contributed by atoms with Gasteiger partial charge in [0.05, 0.1) is 31.0 Å². The predicted molar refractivity (Wildman–Crippen MR) is 116 cm³/mol. The molecule has 29 heavy (non-hydrogen) atoms. The van der Waals surface area contributed by atoms with Gasteiger partial charge in [-0.1, -0.05) is 40.6 Å². The third kappa shape index (κ3) is 5.13. The van der Waals surface area contributed by atoms with Gasteiger partial charge in [-0.2, -0.15) is 0 Å². The van der Waals surface area contributed by atoms with Crippen LogP contribution < -0.4 is 16.0 Å². The largest absolute Gasteiger partial charge is 0.328 e. The highest BCUT2D eigenvalue weighted by Gasteiger charge is 2.24. The maximum atomic E-state index is 12.7. The second kappa shape index (κ2) is 8.92. The molecule has 0 fully saturated rings. The van der Waals surface area contributed by atoms with Crippen LogP contribution in [0.1, 0.15) is 27.2 Å². The first kappa shape index (κ1) is 21.3. The number of amides is 3.